The minimum atomic E-state index is -0.344. The maximum atomic E-state index is 13.1. The number of fused-ring (bicyclic) bond motifs is 1. The Labute approximate surface area is 159 Å². The van der Waals surface area contributed by atoms with Crippen LogP contribution >= 0.6 is 0 Å². The number of aryl methyl sites for hydroxylation is 1. The summed E-state index contributed by atoms with van der Waals surface area (Å²) >= 11 is 0. The van der Waals surface area contributed by atoms with Gasteiger partial charge >= 0.3 is 0 Å². The molecule has 3 heterocycles. The van der Waals surface area contributed by atoms with Gasteiger partial charge in [-0.15, -0.1) is 0 Å². The van der Waals surface area contributed by atoms with E-state index in [9.17, 15) is 4.79 Å². The van der Waals surface area contributed by atoms with Crippen LogP contribution < -0.4 is 10.1 Å². The maximum Gasteiger partial charge on any atom is 0.242 e. The van der Waals surface area contributed by atoms with E-state index < -0.39 is 0 Å². The summed E-state index contributed by atoms with van der Waals surface area (Å²) < 4.78 is 11.1. The number of carbonyl (C=O) groups is 1. The molecule has 6 heteroatoms. The minimum Gasteiger partial charge on any atom is -0.493 e. The number of morpholine rings is 1. The Bertz CT molecular complexity index is 775. The largest absolute Gasteiger partial charge is 0.493 e. The molecular formula is C21H25N3O3. The summed E-state index contributed by atoms with van der Waals surface area (Å²) in [6, 6.07) is 9.67. The molecule has 1 aromatic carbocycles. The second-order valence-corrected chi connectivity index (χ2v) is 6.95. The molecule has 1 aromatic heterocycles. The molecule has 0 aliphatic carbocycles. The fraction of sp³-hybridized carbons (Fsp3) is 0.429. The monoisotopic (exact) mass is 367 g/mol. The summed E-state index contributed by atoms with van der Waals surface area (Å²) in [5.74, 6) is 0.969. The van der Waals surface area contributed by atoms with E-state index >= 15 is 0 Å². The van der Waals surface area contributed by atoms with Crippen molar-refractivity contribution in [1.29, 1.82) is 0 Å². The van der Waals surface area contributed by atoms with Crippen molar-refractivity contribution in [2.24, 2.45) is 0 Å². The number of nitrogens with one attached hydrogen (secondary N) is 1. The average molecular weight is 367 g/mol. The van der Waals surface area contributed by atoms with Crippen LogP contribution in [-0.2, 0) is 22.5 Å². The Morgan fingerprint density at radius 3 is 2.93 bits per heavy atom. The van der Waals surface area contributed by atoms with Crippen LogP contribution in [0, 0.1) is 0 Å². The number of nitrogens with zero attached hydrogens (tertiary/aromatic N) is 2. The molecule has 0 bridgehead atoms. The van der Waals surface area contributed by atoms with Gasteiger partial charge in [0.2, 0.25) is 5.91 Å². The fourth-order valence-corrected chi connectivity index (χ4v) is 3.71. The van der Waals surface area contributed by atoms with Gasteiger partial charge in [-0.3, -0.25) is 14.7 Å². The van der Waals surface area contributed by atoms with E-state index in [0.717, 1.165) is 49.4 Å². The van der Waals surface area contributed by atoms with Crippen LogP contribution in [-0.4, -0.2) is 48.7 Å². The number of aromatic nitrogens is 1. The van der Waals surface area contributed by atoms with Crippen LogP contribution in [0.4, 0.5) is 0 Å². The number of carbonyl (C=O) groups excluding carboxylic acids is 1. The van der Waals surface area contributed by atoms with Gasteiger partial charge in [-0.25, -0.2) is 0 Å². The van der Waals surface area contributed by atoms with Crippen molar-refractivity contribution in [3.8, 4) is 5.75 Å². The second kappa shape index (κ2) is 8.50. The highest BCUT2D eigenvalue weighted by Gasteiger charge is 2.29. The molecule has 0 saturated carbocycles. The third kappa shape index (κ3) is 4.28. The van der Waals surface area contributed by atoms with Crippen LogP contribution in [0.25, 0.3) is 0 Å². The molecular weight excluding hydrogens is 342 g/mol. The van der Waals surface area contributed by atoms with E-state index in [2.05, 4.69) is 21.3 Å². The average Bonchev–Trinajstić information content (AvgIpc) is 2.74. The molecule has 1 atom stereocenters. The first-order chi connectivity index (χ1) is 13.3. The van der Waals surface area contributed by atoms with E-state index in [-0.39, 0.29) is 11.9 Å². The van der Waals surface area contributed by atoms with Gasteiger partial charge in [0, 0.05) is 32.0 Å². The molecule has 2 aliphatic rings. The van der Waals surface area contributed by atoms with Crippen molar-refractivity contribution in [1.82, 2.24) is 15.2 Å². The predicted octanol–water partition coefficient (Wildman–Crippen LogP) is 2.10. The van der Waals surface area contributed by atoms with E-state index in [1.807, 2.05) is 24.3 Å². The highest BCUT2D eigenvalue weighted by atomic mass is 16.5. The smallest absolute Gasteiger partial charge is 0.242 e. The highest BCUT2D eigenvalue weighted by molar-refractivity contribution is 5.83. The minimum absolute atomic E-state index is 0.00105. The fourth-order valence-electron chi connectivity index (χ4n) is 3.71. The van der Waals surface area contributed by atoms with Gasteiger partial charge < -0.3 is 14.8 Å². The maximum absolute atomic E-state index is 13.1. The molecule has 0 unspecified atom stereocenters. The quantitative estimate of drug-likeness (QED) is 0.877. The Kier molecular flexibility index (Phi) is 5.65. The Hall–Kier alpha value is -2.44. The number of ether oxygens (including phenoxy) is 2. The molecule has 1 saturated heterocycles. The predicted molar refractivity (Wildman–Crippen MR) is 101 cm³/mol. The van der Waals surface area contributed by atoms with E-state index in [4.69, 9.17) is 9.47 Å². The standard InChI is InChI=1S/C21H25N3O3/c25-21(23-14-16-5-6-19-17(13-16)4-2-10-27-19)20(18-3-1-7-22-15-18)24-8-11-26-12-9-24/h1,3,5-7,13,15,20H,2,4,8-12,14H2,(H,23,25)/t20-/m1/s1. The number of hydrogen-bond acceptors (Lipinski definition) is 5. The molecule has 142 valence electrons. The lowest BCUT2D eigenvalue weighted by Gasteiger charge is -2.33. The van der Waals surface area contributed by atoms with Gasteiger partial charge in [-0.1, -0.05) is 18.2 Å². The topological polar surface area (TPSA) is 63.7 Å². The van der Waals surface area contributed by atoms with Gasteiger partial charge in [-0.2, -0.15) is 0 Å². The third-order valence-electron chi connectivity index (χ3n) is 5.10. The number of benzene rings is 1. The molecule has 6 nitrogen and oxygen atoms in total. The van der Waals surface area contributed by atoms with Gasteiger partial charge in [0.05, 0.1) is 19.8 Å². The molecule has 1 amide bonds. The molecule has 1 fully saturated rings. The molecule has 2 aromatic rings. The molecule has 0 spiro atoms. The second-order valence-electron chi connectivity index (χ2n) is 6.95. The summed E-state index contributed by atoms with van der Waals surface area (Å²) in [6.45, 7) is 4.07. The van der Waals surface area contributed by atoms with Gasteiger partial charge in [0.1, 0.15) is 11.8 Å². The van der Waals surface area contributed by atoms with Gasteiger partial charge in [-0.05, 0) is 41.7 Å². The molecule has 2 aliphatic heterocycles. The van der Waals surface area contributed by atoms with Crippen LogP contribution in [0.15, 0.2) is 42.7 Å². The van der Waals surface area contributed by atoms with Crippen LogP contribution in [0.2, 0.25) is 0 Å². The summed E-state index contributed by atoms with van der Waals surface area (Å²) in [6.07, 6.45) is 5.58. The van der Waals surface area contributed by atoms with Crippen molar-refractivity contribution in [3.05, 3.63) is 59.4 Å². The lowest BCUT2D eigenvalue weighted by molar-refractivity contribution is -0.128. The number of amides is 1. The first-order valence-electron chi connectivity index (χ1n) is 9.55. The van der Waals surface area contributed by atoms with Crippen LogP contribution in [0.5, 0.6) is 5.75 Å². The van der Waals surface area contributed by atoms with Crippen molar-refractivity contribution in [2.75, 3.05) is 32.9 Å². The molecule has 1 N–H and O–H groups in total. The van der Waals surface area contributed by atoms with E-state index in [1.54, 1.807) is 12.4 Å². The van der Waals surface area contributed by atoms with E-state index in [0.29, 0.717) is 19.8 Å². The van der Waals surface area contributed by atoms with Crippen LogP contribution in [0.1, 0.15) is 29.2 Å². The Balaban J connectivity index is 1.46. The van der Waals surface area contributed by atoms with Gasteiger partial charge in [0.25, 0.3) is 0 Å². The lowest BCUT2D eigenvalue weighted by atomic mass is 10.0. The summed E-state index contributed by atoms with van der Waals surface area (Å²) in [5.41, 5.74) is 3.24. The molecule has 0 radical (unpaired) electrons. The third-order valence-corrected chi connectivity index (χ3v) is 5.10. The summed E-state index contributed by atoms with van der Waals surface area (Å²) in [4.78, 5) is 19.4. The Morgan fingerprint density at radius 2 is 2.11 bits per heavy atom. The van der Waals surface area contributed by atoms with Crippen molar-refractivity contribution >= 4 is 5.91 Å². The normalized spacial score (nSPS) is 18.2. The molecule has 4 rings (SSSR count). The highest BCUT2D eigenvalue weighted by Crippen LogP contribution is 2.26. The first kappa shape index (κ1) is 17.9. The zero-order chi connectivity index (χ0) is 18.5. The van der Waals surface area contributed by atoms with E-state index in [1.165, 1.54) is 5.56 Å². The van der Waals surface area contributed by atoms with Crippen molar-refractivity contribution in [3.63, 3.8) is 0 Å². The molecule has 27 heavy (non-hydrogen) atoms. The Morgan fingerprint density at radius 1 is 1.22 bits per heavy atom. The van der Waals surface area contributed by atoms with Crippen molar-refractivity contribution < 1.29 is 14.3 Å². The first-order valence-corrected chi connectivity index (χ1v) is 9.55. The SMILES string of the molecule is O=C(NCc1ccc2c(c1)CCCO2)[C@@H](c1cccnc1)N1CCOCC1. The van der Waals surface area contributed by atoms with Gasteiger partial charge in [0.15, 0.2) is 0 Å². The number of hydrogen-bond donors (Lipinski definition) is 1. The summed E-state index contributed by atoms with van der Waals surface area (Å²) in [7, 11) is 0. The van der Waals surface area contributed by atoms with Crippen LogP contribution in [0.3, 0.4) is 0 Å². The zero-order valence-electron chi connectivity index (χ0n) is 15.4. The lowest BCUT2D eigenvalue weighted by Crippen LogP contribution is -2.45. The summed E-state index contributed by atoms with van der Waals surface area (Å²) in [5, 5.41) is 3.11. The van der Waals surface area contributed by atoms with Crippen molar-refractivity contribution in [2.45, 2.75) is 25.4 Å². The number of rotatable bonds is 5. The number of pyridine rings is 1. The zero-order valence-corrected chi connectivity index (χ0v) is 15.4.